The lowest BCUT2D eigenvalue weighted by atomic mass is 9.72. The van der Waals surface area contributed by atoms with Crippen LogP contribution in [0.4, 0.5) is 0 Å². The number of hydrogen-bond acceptors (Lipinski definition) is 6. The van der Waals surface area contributed by atoms with E-state index in [1.807, 2.05) is 12.1 Å². The molecule has 3 rings (SSSR count). The molecule has 2 aliphatic carbocycles. The van der Waals surface area contributed by atoms with Gasteiger partial charge in [-0.1, -0.05) is 6.58 Å². The van der Waals surface area contributed by atoms with Crippen molar-refractivity contribution in [3.63, 3.8) is 0 Å². The van der Waals surface area contributed by atoms with Gasteiger partial charge in [0.15, 0.2) is 0 Å². The summed E-state index contributed by atoms with van der Waals surface area (Å²) in [5, 5.41) is 0. The fourth-order valence-electron chi connectivity index (χ4n) is 5.53. The lowest BCUT2D eigenvalue weighted by Crippen LogP contribution is -2.31. The van der Waals surface area contributed by atoms with Gasteiger partial charge in [-0.25, -0.2) is 9.59 Å². The van der Waals surface area contributed by atoms with Gasteiger partial charge in [0, 0.05) is 12.7 Å². The summed E-state index contributed by atoms with van der Waals surface area (Å²) in [6, 6.07) is 7.24. The fraction of sp³-hybridized carbons (Fsp3) is 0.667. The Balaban J connectivity index is 1.27. The molecule has 6 nitrogen and oxygen atoms in total. The molecule has 0 spiro atoms. The van der Waals surface area contributed by atoms with E-state index in [1.54, 1.807) is 12.1 Å². The van der Waals surface area contributed by atoms with Crippen LogP contribution < -0.4 is 4.74 Å². The van der Waals surface area contributed by atoms with Crippen molar-refractivity contribution < 1.29 is 28.5 Å². The summed E-state index contributed by atoms with van der Waals surface area (Å²) in [7, 11) is 0. The average molecular weight is 501 g/mol. The molecule has 0 N–H and O–H groups in total. The van der Waals surface area contributed by atoms with Crippen LogP contribution in [0.5, 0.6) is 5.75 Å². The van der Waals surface area contributed by atoms with Gasteiger partial charge in [0.05, 0.1) is 24.9 Å². The molecule has 0 radical (unpaired) electrons. The molecule has 2 aliphatic rings. The molecule has 200 valence electrons. The van der Waals surface area contributed by atoms with Crippen LogP contribution in [0, 0.1) is 11.8 Å². The van der Waals surface area contributed by atoms with Gasteiger partial charge in [0.2, 0.25) is 0 Å². The van der Waals surface area contributed by atoms with Crippen LogP contribution in [0.15, 0.2) is 36.9 Å². The third-order valence-corrected chi connectivity index (χ3v) is 7.59. The minimum Gasteiger partial charge on any atom is -0.494 e. The highest BCUT2D eigenvalue weighted by Crippen LogP contribution is 2.39. The second-order valence-electron chi connectivity index (χ2n) is 10.1. The van der Waals surface area contributed by atoms with Gasteiger partial charge in [-0.05, 0) is 120 Å². The maximum atomic E-state index is 12.6. The second kappa shape index (κ2) is 15.7. The first-order valence-corrected chi connectivity index (χ1v) is 13.9. The minimum atomic E-state index is -0.371. The molecule has 2 saturated carbocycles. The lowest BCUT2D eigenvalue weighted by Gasteiger charge is -2.37. The van der Waals surface area contributed by atoms with Crippen LogP contribution >= 0.6 is 0 Å². The number of rotatable bonds is 14. The molecule has 0 aromatic heterocycles. The number of hydrogen-bond donors (Lipinski definition) is 0. The van der Waals surface area contributed by atoms with Crippen LogP contribution in [-0.4, -0.2) is 44.0 Å². The van der Waals surface area contributed by atoms with Crippen molar-refractivity contribution in [1.82, 2.24) is 0 Å². The summed E-state index contributed by atoms with van der Waals surface area (Å²) in [5.41, 5.74) is 0.577. The third-order valence-electron chi connectivity index (χ3n) is 7.59. The van der Waals surface area contributed by atoms with E-state index in [-0.39, 0.29) is 18.0 Å². The van der Waals surface area contributed by atoms with Crippen molar-refractivity contribution in [2.45, 2.75) is 96.2 Å². The first-order chi connectivity index (χ1) is 17.6. The van der Waals surface area contributed by atoms with E-state index < -0.39 is 0 Å². The molecule has 1 aromatic carbocycles. The Labute approximate surface area is 216 Å². The van der Waals surface area contributed by atoms with E-state index in [1.165, 1.54) is 31.8 Å². The molecular formula is C30H44O6. The van der Waals surface area contributed by atoms with Gasteiger partial charge in [-0.3, -0.25) is 0 Å². The Kier molecular flexibility index (Phi) is 12.3. The van der Waals surface area contributed by atoms with Crippen LogP contribution in [0.3, 0.4) is 0 Å². The summed E-state index contributed by atoms with van der Waals surface area (Å²) in [4.78, 5) is 23.6. The molecule has 0 aliphatic heterocycles. The van der Waals surface area contributed by atoms with Crippen LogP contribution in [0.2, 0.25) is 0 Å². The van der Waals surface area contributed by atoms with Crippen molar-refractivity contribution in [2.24, 2.45) is 11.8 Å². The third kappa shape index (κ3) is 9.61. The van der Waals surface area contributed by atoms with E-state index in [0.717, 1.165) is 75.6 Å². The van der Waals surface area contributed by atoms with Crippen molar-refractivity contribution in [3.05, 3.63) is 42.5 Å². The molecule has 6 heteroatoms. The summed E-state index contributed by atoms with van der Waals surface area (Å²) in [6.07, 6.45) is 14.7. The Morgan fingerprint density at radius 1 is 0.833 bits per heavy atom. The monoisotopic (exact) mass is 500 g/mol. The lowest BCUT2D eigenvalue weighted by molar-refractivity contribution is -0.137. The Hall–Kier alpha value is -2.34. The van der Waals surface area contributed by atoms with Gasteiger partial charge in [0.25, 0.3) is 0 Å². The maximum Gasteiger partial charge on any atom is 0.338 e. The molecule has 0 atom stereocenters. The van der Waals surface area contributed by atoms with Gasteiger partial charge in [-0.15, -0.1) is 0 Å². The van der Waals surface area contributed by atoms with Crippen molar-refractivity contribution in [1.29, 1.82) is 0 Å². The summed E-state index contributed by atoms with van der Waals surface area (Å²) in [5.74, 6) is 1.73. The van der Waals surface area contributed by atoms with Crippen molar-refractivity contribution in [3.8, 4) is 5.75 Å². The van der Waals surface area contributed by atoms with Crippen LogP contribution in [-0.2, 0) is 19.0 Å². The fourth-order valence-corrected chi connectivity index (χ4v) is 5.53. The molecule has 0 amide bonds. The van der Waals surface area contributed by atoms with Gasteiger partial charge < -0.3 is 18.9 Å². The number of benzene rings is 1. The zero-order valence-electron chi connectivity index (χ0n) is 22.0. The molecule has 0 bridgehead atoms. The highest BCUT2D eigenvalue weighted by atomic mass is 16.5. The average Bonchev–Trinajstić information content (AvgIpc) is 2.91. The second-order valence-corrected chi connectivity index (χ2v) is 10.1. The molecule has 36 heavy (non-hydrogen) atoms. The smallest absolute Gasteiger partial charge is 0.338 e. The Bertz CT molecular complexity index is 788. The van der Waals surface area contributed by atoms with E-state index in [4.69, 9.17) is 18.9 Å². The summed E-state index contributed by atoms with van der Waals surface area (Å²) < 4.78 is 22.4. The number of unbranched alkanes of at least 4 members (excludes halogenated alkanes) is 3. The topological polar surface area (TPSA) is 71.1 Å². The Morgan fingerprint density at radius 3 is 2.00 bits per heavy atom. The van der Waals surface area contributed by atoms with Crippen LogP contribution in [0.25, 0.3) is 0 Å². The standard InChI is InChI=1S/C30H44O6/c1-3-29(31)35-22-8-6-5-7-21-34-27-17-13-25(14-18-27)30(32)36-28-19-11-24(12-20-28)23-9-15-26(16-10-23)33-4-2/h3,13-14,17-18,23-24,26,28H,1,4-12,15-16,19-22H2,2H3. The molecule has 0 unspecified atom stereocenters. The molecule has 0 heterocycles. The van der Waals surface area contributed by atoms with Gasteiger partial charge in [0.1, 0.15) is 11.9 Å². The van der Waals surface area contributed by atoms with E-state index >= 15 is 0 Å². The SMILES string of the molecule is C=CC(=O)OCCCCCCOc1ccc(C(=O)OC2CCC(C3CCC(OCC)CC3)CC2)cc1. The highest BCUT2D eigenvalue weighted by Gasteiger charge is 2.32. The minimum absolute atomic E-state index is 0.0322. The quantitative estimate of drug-likeness (QED) is 0.161. The zero-order chi connectivity index (χ0) is 25.6. The van der Waals surface area contributed by atoms with E-state index in [0.29, 0.717) is 24.9 Å². The Morgan fingerprint density at radius 2 is 1.42 bits per heavy atom. The first-order valence-electron chi connectivity index (χ1n) is 13.9. The summed E-state index contributed by atoms with van der Waals surface area (Å²) in [6.45, 7) is 7.32. The number of carbonyl (C=O) groups excluding carboxylic acids is 2. The predicted octanol–water partition coefficient (Wildman–Crippen LogP) is 6.67. The molecule has 2 fully saturated rings. The molecule has 0 saturated heterocycles. The predicted molar refractivity (Wildman–Crippen MR) is 140 cm³/mol. The zero-order valence-corrected chi connectivity index (χ0v) is 22.0. The van der Waals surface area contributed by atoms with Crippen molar-refractivity contribution in [2.75, 3.05) is 19.8 Å². The number of carbonyl (C=O) groups is 2. The van der Waals surface area contributed by atoms with Gasteiger partial charge in [-0.2, -0.15) is 0 Å². The largest absolute Gasteiger partial charge is 0.494 e. The highest BCUT2D eigenvalue weighted by molar-refractivity contribution is 5.89. The van der Waals surface area contributed by atoms with Crippen LogP contribution in [0.1, 0.15) is 94.3 Å². The molecular weight excluding hydrogens is 456 g/mol. The first kappa shape index (κ1) is 28.2. The maximum absolute atomic E-state index is 12.6. The normalized spacial score (nSPS) is 24.0. The molecule has 1 aromatic rings. The van der Waals surface area contributed by atoms with Crippen molar-refractivity contribution >= 4 is 11.9 Å². The number of ether oxygens (including phenoxy) is 4. The van der Waals surface area contributed by atoms with Gasteiger partial charge >= 0.3 is 11.9 Å². The van der Waals surface area contributed by atoms with E-state index in [2.05, 4.69) is 13.5 Å². The number of esters is 2. The van der Waals surface area contributed by atoms with E-state index in [9.17, 15) is 9.59 Å². The summed E-state index contributed by atoms with van der Waals surface area (Å²) >= 11 is 0.